The van der Waals surface area contributed by atoms with Gasteiger partial charge in [0.05, 0.1) is 6.20 Å². The van der Waals surface area contributed by atoms with Crippen LogP contribution in [-0.2, 0) is 6.54 Å². The van der Waals surface area contributed by atoms with E-state index in [1.165, 1.54) is 0 Å². The highest BCUT2D eigenvalue weighted by molar-refractivity contribution is 5.94. The van der Waals surface area contributed by atoms with Crippen LogP contribution in [0.2, 0.25) is 0 Å². The molecule has 1 amide bonds. The van der Waals surface area contributed by atoms with Gasteiger partial charge in [0.2, 0.25) is 0 Å². The van der Waals surface area contributed by atoms with E-state index in [1.54, 1.807) is 6.20 Å². The topological polar surface area (TPSA) is 54.3 Å². The normalized spacial score (nSPS) is 18.0. The van der Waals surface area contributed by atoms with E-state index in [1.807, 2.05) is 59.0 Å². The fourth-order valence-electron chi connectivity index (χ4n) is 3.08. The Morgan fingerprint density at radius 2 is 2.09 bits per heavy atom. The van der Waals surface area contributed by atoms with E-state index >= 15 is 0 Å². The van der Waals surface area contributed by atoms with Gasteiger partial charge in [-0.3, -0.25) is 9.48 Å². The zero-order valence-electron chi connectivity index (χ0n) is 13.7. The molecule has 1 saturated heterocycles. The Balaban J connectivity index is 1.64. The molecule has 1 aromatic heterocycles. The molecule has 0 saturated carbocycles. The van der Waals surface area contributed by atoms with Crippen molar-refractivity contribution in [2.24, 2.45) is 5.92 Å². The fraction of sp³-hybridized carbons (Fsp3) is 0.471. The van der Waals surface area contributed by atoms with Gasteiger partial charge in [-0.15, -0.1) is 5.10 Å². The number of hydrogen-bond donors (Lipinski definition) is 0. The Morgan fingerprint density at radius 1 is 1.30 bits per heavy atom. The molecule has 1 atom stereocenters. The summed E-state index contributed by atoms with van der Waals surface area (Å²) in [6.07, 6.45) is 5.74. The molecule has 1 aliphatic heterocycles. The standard InChI is InChI=1S/C17H23N5O/c1-20(2)16-7-5-15(6-8-16)17(23)21-10-3-4-14(12-21)13-22-11-9-18-19-22/h5-9,11,14H,3-4,10,12-13H2,1-2H3. The molecule has 1 fully saturated rings. The van der Waals surface area contributed by atoms with Crippen molar-refractivity contribution in [2.75, 3.05) is 32.1 Å². The smallest absolute Gasteiger partial charge is 0.253 e. The van der Waals surface area contributed by atoms with E-state index < -0.39 is 0 Å². The summed E-state index contributed by atoms with van der Waals surface area (Å²) in [7, 11) is 3.99. The molecule has 0 N–H and O–H groups in total. The lowest BCUT2D eigenvalue weighted by Crippen LogP contribution is -2.41. The zero-order valence-corrected chi connectivity index (χ0v) is 13.7. The van der Waals surface area contributed by atoms with Gasteiger partial charge < -0.3 is 9.80 Å². The minimum absolute atomic E-state index is 0.124. The monoisotopic (exact) mass is 313 g/mol. The van der Waals surface area contributed by atoms with Gasteiger partial charge >= 0.3 is 0 Å². The SMILES string of the molecule is CN(C)c1ccc(C(=O)N2CCCC(Cn3ccnn3)C2)cc1. The van der Waals surface area contributed by atoms with Gasteiger partial charge in [-0.2, -0.15) is 0 Å². The first-order valence-electron chi connectivity index (χ1n) is 8.04. The van der Waals surface area contributed by atoms with Crippen molar-refractivity contribution in [1.82, 2.24) is 19.9 Å². The van der Waals surface area contributed by atoms with Crippen LogP contribution in [0.3, 0.4) is 0 Å². The number of hydrogen-bond acceptors (Lipinski definition) is 4. The number of likely N-dealkylation sites (tertiary alicyclic amines) is 1. The molecule has 2 aromatic rings. The molecule has 1 aliphatic rings. The van der Waals surface area contributed by atoms with Crippen LogP contribution in [0.1, 0.15) is 23.2 Å². The van der Waals surface area contributed by atoms with Crippen molar-refractivity contribution in [3.63, 3.8) is 0 Å². The van der Waals surface area contributed by atoms with Crippen LogP contribution >= 0.6 is 0 Å². The second kappa shape index (κ2) is 6.81. The Bertz CT molecular complexity index is 636. The number of nitrogens with zero attached hydrogens (tertiary/aromatic N) is 5. The number of piperidine rings is 1. The van der Waals surface area contributed by atoms with Crippen molar-refractivity contribution < 1.29 is 4.79 Å². The fourth-order valence-corrected chi connectivity index (χ4v) is 3.08. The second-order valence-electron chi connectivity index (χ2n) is 6.33. The number of rotatable bonds is 4. The number of aromatic nitrogens is 3. The average Bonchev–Trinajstić information content (AvgIpc) is 3.07. The molecule has 0 bridgehead atoms. The van der Waals surface area contributed by atoms with Crippen LogP contribution in [0, 0.1) is 5.92 Å². The van der Waals surface area contributed by atoms with Crippen molar-refractivity contribution in [2.45, 2.75) is 19.4 Å². The number of anilines is 1. The van der Waals surface area contributed by atoms with Gasteiger partial charge in [-0.25, -0.2) is 0 Å². The summed E-state index contributed by atoms with van der Waals surface area (Å²) >= 11 is 0. The zero-order chi connectivity index (χ0) is 16.2. The summed E-state index contributed by atoms with van der Waals surface area (Å²) in [5, 5.41) is 7.86. The van der Waals surface area contributed by atoms with E-state index in [0.717, 1.165) is 43.7 Å². The first kappa shape index (κ1) is 15.5. The van der Waals surface area contributed by atoms with E-state index in [-0.39, 0.29) is 5.91 Å². The van der Waals surface area contributed by atoms with Crippen LogP contribution in [0.5, 0.6) is 0 Å². The molecule has 23 heavy (non-hydrogen) atoms. The van der Waals surface area contributed by atoms with E-state index in [4.69, 9.17) is 0 Å². The number of amides is 1. The molecule has 1 unspecified atom stereocenters. The summed E-state index contributed by atoms with van der Waals surface area (Å²) in [5.74, 6) is 0.564. The predicted octanol–water partition coefficient (Wildman–Crippen LogP) is 1.90. The lowest BCUT2D eigenvalue weighted by Gasteiger charge is -2.32. The maximum atomic E-state index is 12.7. The molecule has 6 heteroatoms. The Hall–Kier alpha value is -2.37. The first-order chi connectivity index (χ1) is 11.1. The van der Waals surface area contributed by atoms with Crippen molar-refractivity contribution in [3.05, 3.63) is 42.2 Å². The van der Waals surface area contributed by atoms with E-state index in [0.29, 0.717) is 5.92 Å². The first-order valence-corrected chi connectivity index (χ1v) is 8.04. The third kappa shape index (κ3) is 3.70. The lowest BCUT2D eigenvalue weighted by atomic mass is 9.97. The van der Waals surface area contributed by atoms with Gasteiger partial charge in [-0.1, -0.05) is 5.21 Å². The highest BCUT2D eigenvalue weighted by Gasteiger charge is 2.24. The van der Waals surface area contributed by atoms with Crippen LogP contribution in [0.25, 0.3) is 0 Å². The quantitative estimate of drug-likeness (QED) is 0.865. The predicted molar refractivity (Wildman–Crippen MR) is 89.4 cm³/mol. The Morgan fingerprint density at radius 3 is 2.74 bits per heavy atom. The summed E-state index contributed by atoms with van der Waals surface area (Å²) in [6.45, 7) is 2.44. The van der Waals surface area contributed by atoms with Crippen LogP contribution in [0.15, 0.2) is 36.7 Å². The maximum absolute atomic E-state index is 12.7. The molecule has 1 aromatic carbocycles. The van der Waals surface area contributed by atoms with Crippen molar-refractivity contribution >= 4 is 11.6 Å². The Labute approximate surface area is 136 Å². The number of carbonyl (C=O) groups excluding carboxylic acids is 1. The average molecular weight is 313 g/mol. The molecule has 3 rings (SSSR count). The van der Waals surface area contributed by atoms with Crippen molar-refractivity contribution in [1.29, 1.82) is 0 Å². The third-order valence-corrected chi connectivity index (χ3v) is 4.35. The lowest BCUT2D eigenvalue weighted by molar-refractivity contribution is 0.0659. The van der Waals surface area contributed by atoms with Crippen LogP contribution in [0.4, 0.5) is 5.69 Å². The van der Waals surface area contributed by atoms with Crippen LogP contribution < -0.4 is 4.90 Å². The maximum Gasteiger partial charge on any atom is 0.253 e. The minimum atomic E-state index is 0.124. The summed E-state index contributed by atoms with van der Waals surface area (Å²) in [4.78, 5) is 16.7. The molecule has 122 valence electrons. The highest BCUT2D eigenvalue weighted by Crippen LogP contribution is 2.21. The number of carbonyl (C=O) groups is 1. The van der Waals surface area contributed by atoms with Crippen molar-refractivity contribution in [3.8, 4) is 0 Å². The third-order valence-electron chi connectivity index (χ3n) is 4.35. The molecular formula is C17H23N5O. The van der Waals surface area contributed by atoms with Gasteiger partial charge in [0.15, 0.2) is 0 Å². The molecule has 2 heterocycles. The molecule has 0 spiro atoms. The summed E-state index contributed by atoms with van der Waals surface area (Å²) < 4.78 is 1.85. The Kier molecular flexibility index (Phi) is 4.60. The van der Waals surface area contributed by atoms with Gasteiger partial charge in [0.25, 0.3) is 5.91 Å². The van der Waals surface area contributed by atoms with Gasteiger partial charge in [0.1, 0.15) is 0 Å². The second-order valence-corrected chi connectivity index (χ2v) is 6.33. The minimum Gasteiger partial charge on any atom is -0.378 e. The summed E-state index contributed by atoms with van der Waals surface area (Å²) in [6, 6.07) is 7.81. The van der Waals surface area contributed by atoms with Gasteiger partial charge in [-0.05, 0) is 43.0 Å². The molecule has 0 aliphatic carbocycles. The molecule has 6 nitrogen and oxygen atoms in total. The largest absolute Gasteiger partial charge is 0.378 e. The molecular weight excluding hydrogens is 290 g/mol. The van der Waals surface area contributed by atoms with E-state index in [9.17, 15) is 4.79 Å². The number of benzene rings is 1. The van der Waals surface area contributed by atoms with Crippen LogP contribution in [-0.4, -0.2) is 53.0 Å². The highest BCUT2D eigenvalue weighted by atomic mass is 16.2. The van der Waals surface area contributed by atoms with Gasteiger partial charge in [0, 0.05) is 51.2 Å². The van der Waals surface area contributed by atoms with E-state index in [2.05, 4.69) is 10.3 Å². The molecule has 0 radical (unpaired) electrons. The summed E-state index contributed by atoms with van der Waals surface area (Å²) in [5.41, 5.74) is 1.86.